The molecular formula is C14H16N2O2. The van der Waals surface area contributed by atoms with E-state index < -0.39 is 0 Å². The first kappa shape index (κ1) is 11.3. The van der Waals surface area contributed by atoms with Crippen LogP contribution in [0.2, 0.25) is 0 Å². The van der Waals surface area contributed by atoms with Crippen molar-refractivity contribution in [2.24, 2.45) is 0 Å². The zero-order valence-electron chi connectivity index (χ0n) is 10.2. The number of phenolic OH excluding ortho intramolecular Hbond substituents is 1. The lowest BCUT2D eigenvalue weighted by molar-refractivity contribution is 0.314. The monoisotopic (exact) mass is 244 g/mol. The minimum atomic E-state index is 0.188. The van der Waals surface area contributed by atoms with Crippen LogP contribution in [-0.4, -0.2) is 15.2 Å². The zero-order chi connectivity index (χ0) is 12.4. The van der Waals surface area contributed by atoms with Gasteiger partial charge < -0.3 is 9.63 Å². The van der Waals surface area contributed by atoms with Crippen LogP contribution in [0.25, 0.3) is 11.4 Å². The van der Waals surface area contributed by atoms with Crippen molar-refractivity contribution in [3.63, 3.8) is 0 Å². The summed E-state index contributed by atoms with van der Waals surface area (Å²) in [5, 5.41) is 13.7. The molecule has 1 aliphatic rings. The molecule has 1 aromatic heterocycles. The molecule has 1 N–H and O–H groups in total. The summed E-state index contributed by atoms with van der Waals surface area (Å²) in [7, 11) is 0. The van der Waals surface area contributed by atoms with Gasteiger partial charge in [0.05, 0.1) is 5.56 Å². The lowest BCUT2D eigenvalue weighted by atomic mass is 9.89. The van der Waals surface area contributed by atoms with Crippen LogP contribution in [0.15, 0.2) is 28.8 Å². The number of hydrogen-bond acceptors (Lipinski definition) is 4. The molecule has 4 nitrogen and oxygen atoms in total. The predicted molar refractivity (Wildman–Crippen MR) is 67.2 cm³/mol. The minimum absolute atomic E-state index is 0.188. The average molecular weight is 244 g/mol. The van der Waals surface area contributed by atoms with Gasteiger partial charge in [-0.1, -0.05) is 36.6 Å². The van der Waals surface area contributed by atoms with Gasteiger partial charge >= 0.3 is 0 Å². The third-order valence-electron chi connectivity index (χ3n) is 3.54. The van der Waals surface area contributed by atoms with E-state index in [1.807, 2.05) is 6.07 Å². The van der Waals surface area contributed by atoms with Crippen LogP contribution in [-0.2, 0) is 0 Å². The molecule has 0 radical (unpaired) electrons. The molecule has 0 bridgehead atoms. The van der Waals surface area contributed by atoms with Crippen molar-refractivity contribution < 1.29 is 9.63 Å². The predicted octanol–water partition coefficient (Wildman–Crippen LogP) is 3.49. The number of aromatic hydroxyl groups is 1. The smallest absolute Gasteiger partial charge is 0.230 e. The van der Waals surface area contributed by atoms with E-state index in [2.05, 4.69) is 10.1 Å². The fourth-order valence-electron chi connectivity index (χ4n) is 2.52. The van der Waals surface area contributed by atoms with Gasteiger partial charge in [0.15, 0.2) is 0 Å². The number of aromatic nitrogens is 2. The largest absolute Gasteiger partial charge is 0.507 e. The molecule has 0 saturated heterocycles. The van der Waals surface area contributed by atoms with Crippen LogP contribution in [0.4, 0.5) is 0 Å². The molecule has 18 heavy (non-hydrogen) atoms. The van der Waals surface area contributed by atoms with Gasteiger partial charge in [0, 0.05) is 5.92 Å². The molecule has 1 aromatic carbocycles. The number of phenols is 1. The van der Waals surface area contributed by atoms with Crippen LogP contribution in [0.1, 0.15) is 43.9 Å². The van der Waals surface area contributed by atoms with Gasteiger partial charge in [0.25, 0.3) is 0 Å². The number of nitrogens with zero attached hydrogens (tertiary/aromatic N) is 2. The molecule has 0 amide bonds. The fraction of sp³-hybridized carbons (Fsp3) is 0.429. The molecule has 1 fully saturated rings. The highest BCUT2D eigenvalue weighted by molar-refractivity contribution is 5.62. The molecule has 94 valence electrons. The Kier molecular flexibility index (Phi) is 3.00. The van der Waals surface area contributed by atoms with E-state index in [0.29, 0.717) is 23.2 Å². The molecule has 0 spiro atoms. The molecule has 3 rings (SSSR count). The Morgan fingerprint density at radius 1 is 1.11 bits per heavy atom. The molecule has 1 saturated carbocycles. The normalized spacial score (nSPS) is 16.9. The van der Waals surface area contributed by atoms with Gasteiger partial charge in [-0.3, -0.25) is 0 Å². The Labute approximate surface area is 106 Å². The molecule has 1 heterocycles. The maximum Gasteiger partial charge on any atom is 0.230 e. The Hall–Kier alpha value is -1.84. The number of hydrogen-bond donors (Lipinski definition) is 1. The highest BCUT2D eigenvalue weighted by Crippen LogP contribution is 2.33. The standard InChI is InChI=1S/C14H16N2O2/c17-12-9-5-4-8-11(12)13-15-14(18-16-13)10-6-2-1-3-7-10/h4-5,8-10,17H,1-3,6-7H2. The summed E-state index contributed by atoms with van der Waals surface area (Å²) in [6, 6.07) is 7.06. The molecule has 0 unspecified atom stereocenters. The summed E-state index contributed by atoms with van der Waals surface area (Å²) in [5.74, 6) is 1.78. The third kappa shape index (κ3) is 2.10. The van der Waals surface area contributed by atoms with Gasteiger partial charge in [0.2, 0.25) is 11.7 Å². The summed E-state index contributed by atoms with van der Waals surface area (Å²) < 4.78 is 5.34. The number of benzene rings is 1. The Morgan fingerprint density at radius 2 is 1.89 bits per heavy atom. The van der Waals surface area contributed by atoms with Crippen molar-refractivity contribution in [1.29, 1.82) is 0 Å². The van der Waals surface area contributed by atoms with E-state index in [1.165, 1.54) is 19.3 Å². The van der Waals surface area contributed by atoms with Crippen molar-refractivity contribution >= 4 is 0 Å². The molecule has 2 aromatic rings. The van der Waals surface area contributed by atoms with E-state index >= 15 is 0 Å². The fourth-order valence-corrected chi connectivity index (χ4v) is 2.52. The van der Waals surface area contributed by atoms with Crippen molar-refractivity contribution in [3.8, 4) is 17.1 Å². The summed E-state index contributed by atoms with van der Waals surface area (Å²) >= 11 is 0. The molecule has 0 aliphatic heterocycles. The van der Waals surface area contributed by atoms with Crippen LogP contribution < -0.4 is 0 Å². The first-order valence-corrected chi connectivity index (χ1v) is 6.46. The number of para-hydroxylation sites is 1. The SMILES string of the molecule is Oc1ccccc1-c1noc(C2CCCCC2)n1. The van der Waals surface area contributed by atoms with E-state index in [9.17, 15) is 5.11 Å². The third-order valence-corrected chi connectivity index (χ3v) is 3.54. The van der Waals surface area contributed by atoms with Gasteiger partial charge in [-0.25, -0.2) is 0 Å². The second-order valence-electron chi connectivity index (χ2n) is 4.81. The first-order chi connectivity index (χ1) is 8.84. The molecule has 4 heteroatoms. The van der Waals surface area contributed by atoms with E-state index in [4.69, 9.17) is 4.52 Å². The van der Waals surface area contributed by atoms with Crippen LogP contribution in [0.5, 0.6) is 5.75 Å². The molecule has 1 aliphatic carbocycles. The van der Waals surface area contributed by atoms with Crippen LogP contribution in [0, 0.1) is 0 Å². The van der Waals surface area contributed by atoms with Gasteiger partial charge in [0.1, 0.15) is 5.75 Å². The van der Waals surface area contributed by atoms with E-state index in [-0.39, 0.29) is 5.75 Å². The maximum atomic E-state index is 9.76. The summed E-state index contributed by atoms with van der Waals surface area (Å²) in [5.41, 5.74) is 0.628. The van der Waals surface area contributed by atoms with Crippen LogP contribution in [0.3, 0.4) is 0 Å². The summed E-state index contributed by atoms with van der Waals surface area (Å²) in [6.07, 6.45) is 6.03. The molecule has 0 atom stereocenters. The molecular weight excluding hydrogens is 228 g/mol. The second-order valence-corrected chi connectivity index (χ2v) is 4.81. The van der Waals surface area contributed by atoms with Crippen molar-refractivity contribution in [2.75, 3.05) is 0 Å². The highest BCUT2D eigenvalue weighted by atomic mass is 16.5. The minimum Gasteiger partial charge on any atom is -0.507 e. The lowest BCUT2D eigenvalue weighted by Gasteiger charge is -2.17. The average Bonchev–Trinajstić information content (AvgIpc) is 2.90. The van der Waals surface area contributed by atoms with E-state index in [1.54, 1.807) is 18.2 Å². The Morgan fingerprint density at radius 3 is 2.67 bits per heavy atom. The maximum absolute atomic E-state index is 9.76. The van der Waals surface area contributed by atoms with Gasteiger partial charge in [-0.15, -0.1) is 0 Å². The Bertz CT molecular complexity index is 530. The van der Waals surface area contributed by atoms with Gasteiger partial charge in [-0.05, 0) is 25.0 Å². The highest BCUT2D eigenvalue weighted by Gasteiger charge is 2.22. The van der Waals surface area contributed by atoms with E-state index in [0.717, 1.165) is 12.8 Å². The zero-order valence-corrected chi connectivity index (χ0v) is 10.2. The second kappa shape index (κ2) is 4.80. The summed E-state index contributed by atoms with van der Waals surface area (Å²) in [6.45, 7) is 0. The quantitative estimate of drug-likeness (QED) is 0.878. The lowest BCUT2D eigenvalue weighted by Crippen LogP contribution is -2.04. The van der Waals surface area contributed by atoms with Gasteiger partial charge in [-0.2, -0.15) is 4.98 Å². The topological polar surface area (TPSA) is 59.2 Å². The van der Waals surface area contributed by atoms with Crippen LogP contribution >= 0.6 is 0 Å². The summed E-state index contributed by atoms with van der Waals surface area (Å²) in [4.78, 5) is 4.43. The first-order valence-electron chi connectivity index (χ1n) is 6.46. The van der Waals surface area contributed by atoms with Crippen molar-refractivity contribution in [1.82, 2.24) is 10.1 Å². The van der Waals surface area contributed by atoms with Crippen molar-refractivity contribution in [2.45, 2.75) is 38.0 Å². The van der Waals surface area contributed by atoms with Crippen molar-refractivity contribution in [3.05, 3.63) is 30.2 Å². The number of rotatable bonds is 2. The Balaban J connectivity index is 1.87.